The molecular weight excluding hydrogens is 354 g/mol. The van der Waals surface area contributed by atoms with Gasteiger partial charge in [0.05, 0.1) is 0 Å². The van der Waals surface area contributed by atoms with Crippen molar-refractivity contribution in [2.45, 2.75) is 18.6 Å². The van der Waals surface area contributed by atoms with E-state index in [-0.39, 0.29) is 5.92 Å². The lowest BCUT2D eigenvalue weighted by atomic mass is 9.79. The molecule has 1 heterocycles. The number of fused-ring (bicyclic) bond motifs is 3. The SMILES string of the molecule is OC1(C2CCN(Cc3ccc(Cl)cc3)C2)c2ccccc2-c2ccccc21. The van der Waals surface area contributed by atoms with E-state index < -0.39 is 5.60 Å². The average molecular weight is 376 g/mol. The third-order valence-electron chi connectivity index (χ3n) is 6.15. The maximum absolute atomic E-state index is 12.0. The Balaban J connectivity index is 1.45. The van der Waals surface area contributed by atoms with E-state index in [9.17, 15) is 5.11 Å². The van der Waals surface area contributed by atoms with Crippen LogP contribution in [0.15, 0.2) is 72.8 Å². The maximum atomic E-state index is 12.0. The third-order valence-corrected chi connectivity index (χ3v) is 6.40. The van der Waals surface area contributed by atoms with Gasteiger partial charge in [-0.15, -0.1) is 0 Å². The molecule has 0 radical (unpaired) electrons. The fraction of sp³-hybridized carbons (Fsp3) is 0.250. The van der Waals surface area contributed by atoms with E-state index in [2.05, 4.69) is 53.4 Å². The Morgan fingerprint density at radius 1 is 0.889 bits per heavy atom. The topological polar surface area (TPSA) is 23.5 Å². The van der Waals surface area contributed by atoms with Gasteiger partial charge >= 0.3 is 0 Å². The number of aliphatic hydroxyl groups is 1. The minimum absolute atomic E-state index is 0.189. The lowest BCUT2D eigenvalue weighted by Gasteiger charge is -2.32. The third kappa shape index (κ3) is 2.71. The van der Waals surface area contributed by atoms with Gasteiger partial charge in [-0.25, -0.2) is 0 Å². The quantitative estimate of drug-likeness (QED) is 0.690. The number of hydrogen-bond donors (Lipinski definition) is 1. The molecule has 27 heavy (non-hydrogen) atoms. The van der Waals surface area contributed by atoms with E-state index in [0.717, 1.165) is 42.2 Å². The molecule has 0 saturated carbocycles. The second-order valence-corrected chi connectivity index (χ2v) is 8.14. The summed E-state index contributed by atoms with van der Waals surface area (Å²) < 4.78 is 0. The van der Waals surface area contributed by atoms with Gasteiger partial charge in [-0.3, -0.25) is 4.90 Å². The van der Waals surface area contributed by atoms with Gasteiger partial charge in [0.1, 0.15) is 5.60 Å². The Bertz CT molecular complexity index is 936. The number of benzene rings is 3. The van der Waals surface area contributed by atoms with Crippen molar-refractivity contribution in [3.63, 3.8) is 0 Å². The van der Waals surface area contributed by atoms with Crippen molar-refractivity contribution in [1.29, 1.82) is 0 Å². The highest BCUT2D eigenvalue weighted by atomic mass is 35.5. The molecule has 3 heteroatoms. The van der Waals surface area contributed by atoms with Crippen LogP contribution in [0.5, 0.6) is 0 Å². The molecule has 1 fully saturated rings. The van der Waals surface area contributed by atoms with Crippen molar-refractivity contribution >= 4 is 11.6 Å². The average Bonchev–Trinajstić information content (AvgIpc) is 3.27. The van der Waals surface area contributed by atoms with Crippen LogP contribution in [-0.2, 0) is 12.1 Å². The number of likely N-dealkylation sites (tertiary alicyclic amines) is 1. The standard InChI is InChI=1S/C24H22ClNO/c25-19-11-9-17(10-12-19)15-26-14-13-18(16-26)24(27)22-7-3-1-5-20(22)21-6-2-4-8-23(21)24/h1-12,18,27H,13-16H2. The van der Waals surface area contributed by atoms with Crippen LogP contribution in [0.4, 0.5) is 0 Å². The molecule has 1 atom stereocenters. The van der Waals surface area contributed by atoms with Crippen molar-refractivity contribution in [3.05, 3.63) is 94.5 Å². The predicted octanol–water partition coefficient (Wildman–Crippen LogP) is 5.08. The lowest BCUT2D eigenvalue weighted by Crippen LogP contribution is -2.36. The zero-order valence-corrected chi connectivity index (χ0v) is 15.9. The molecule has 1 unspecified atom stereocenters. The molecule has 1 saturated heterocycles. The zero-order valence-electron chi connectivity index (χ0n) is 15.1. The Kier molecular flexibility index (Phi) is 4.08. The molecule has 5 rings (SSSR count). The summed E-state index contributed by atoms with van der Waals surface area (Å²) in [5.41, 5.74) is 4.83. The van der Waals surface area contributed by atoms with E-state index in [1.54, 1.807) is 0 Å². The van der Waals surface area contributed by atoms with E-state index in [4.69, 9.17) is 11.6 Å². The van der Waals surface area contributed by atoms with Gasteiger partial charge in [0.2, 0.25) is 0 Å². The number of hydrogen-bond acceptors (Lipinski definition) is 2. The maximum Gasteiger partial charge on any atom is 0.120 e. The molecule has 1 N–H and O–H groups in total. The van der Waals surface area contributed by atoms with Crippen LogP contribution in [-0.4, -0.2) is 23.1 Å². The van der Waals surface area contributed by atoms with Gasteiger partial charge in [-0.05, 0) is 52.9 Å². The number of halogens is 1. The first-order chi connectivity index (χ1) is 13.2. The summed E-state index contributed by atoms with van der Waals surface area (Å²) >= 11 is 6.00. The van der Waals surface area contributed by atoms with Gasteiger partial charge in [0.25, 0.3) is 0 Å². The lowest BCUT2D eigenvalue weighted by molar-refractivity contribution is 0.0239. The van der Waals surface area contributed by atoms with Crippen LogP contribution in [0.3, 0.4) is 0 Å². The Morgan fingerprint density at radius 3 is 2.11 bits per heavy atom. The minimum Gasteiger partial charge on any atom is -0.380 e. The molecule has 2 nitrogen and oxygen atoms in total. The predicted molar refractivity (Wildman–Crippen MR) is 110 cm³/mol. The van der Waals surface area contributed by atoms with E-state index in [1.165, 1.54) is 16.7 Å². The molecule has 1 aliphatic heterocycles. The van der Waals surface area contributed by atoms with Gasteiger partial charge in [0.15, 0.2) is 0 Å². The fourth-order valence-corrected chi connectivity index (χ4v) is 4.98. The van der Waals surface area contributed by atoms with Crippen LogP contribution < -0.4 is 0 Å². The van der Waals surface area contributed by atoms with E-state index in [1.807, 2.05) is 24.3 Å². The monoisotopic (exact) mass is 375 g/mol. The number of nitrogens with zero attached hydrogens (tertiary/aromatic N) is 1. The second-order valence-electron chi connectivity index (χ2n) is 7.70. The van der Waals surface area contributed by atoms with Gasteiger partial charge in [-0.2, -0.15) is 0 Å². The summed E-state index contributed by atoms with van der Waals surface area (Å²) in [5.74, 6) is 0.189. The molecule has 3 aromatic rings. The highest BCUT2D eigenvalue weighted by molar-refractivity contribution is 6.30. The summed E-state index contributed by atoms with van der Waals surface area (Å²) in [6.45, 7) is 2.79. The Labute approximate surface area is 165 Å². The normalized spacial score (nSPS) is 20.4. The van der Waals surface area contributed by atoms with Crippen LogP contribution in [0, 0.1) is 5.92 Å². The summed E-state index contributed by atoms with van der Waals surface area (Å²) in [6, 6.07) is 24.7. The largest absolute Gasteiger partial charge is 0.380 e. The molecule has 3 aromatic carbocycles. The van der Waals surface area contributed by atoms with Gasteiger partial charge in [-0.1, -0.05) is 72.3 Å². The molecule has 0 amide bonds. The summed E-state index contributed by atoms with van der Waals surface area (Å²) in [5, 5.41) is 12.7. The van der Waals surface area contributed by atoms with E-state index in [0.29, 0.717) is 0 Å². The van der Waals surface area contributed by atoms with Crippen molar-refractivity contribution in [3.8, 4) is 11.1 Å². The molecule has 2 aliphatic rings. The first-order valence-electron chi connectivity index (χ1n) is 9.55. The van der Waals surface area contributed by atoms with Crippen LogP contribution in [0.1, 0.15) is 23.1 Å². The second kappa shape index (κ2) is 6.49. The minimum atomic E-state index is -0.901. The molecule has 136 valence electrons. The number of rotatable bonds is 3. The van der Waals surface area contributed by atoms with Crippen LogP contribution in [0.2, 0.25) is 5.02 Å². The van der Waals surface area contributed by atoms with Crippen LogP contribution in [0.25, 0.3) is 11.1 Å². The Morgan fingerprint density at radius 2 is 1.48 bits per heavy atom. The fourth-order valence-electron chi connectivity index (χ4n) is 4.85. The highest BCUT2D eigenvalue weighted by Gasteiger charge is 2.49. The summed E-state index contributed by atoms with van der Waals surface area (Å²) in [7, 11) is 0. The zero-order chi connectivity index (χ0) is 18.4. The molecular formula is C24H22ClNO. The first kappa shape index (κ1) is 17.0. The van der Waals surface area contributed by atoms with E-state index >= 15 is 0 Å². The smallest absolute Gasteiger partial charge is 0.120 e. The Hall–Kier alpha value is -2.13. The molecule has 0 aromatic heterocycles. The van der Waals surface area contributed by atoms with Crippen molar-refractivity contribution in [1.82, 2.24) is 4.90 Å². The van der Waals surface area contributed by atoms with Crippen molar-refractivity contribution < 1.29 is 5.11 Å². The summed E-state index contributed by atoms with van der Waals surface area (Å²) in [4.78, 5) is 2.44. The van der Waals surface area contributed by atoms with Crippen LogP contribution >= 0.6 is 11.6 Å². The highest BCUT2D eigenvalue weighted by Crippen LogP contribution is 2.52. The van der Waals surface area contributed by atoms with Gasteiger partial charge < -0.3 is 5.11 Å². The van der Waals surface area contributed by atoms with Crippen molar-refractivity contribution in [2.75, 3.05) is 13.1 Å². The van der Waals surface area contributed by atoms with Crippen molar-refractivity contribution in [2.24, 2.45) is 5.92 Å². The molecule has 1 aliphatic carbocycles. The molecule has 0 bridgehead atoms. The summed E-state index contributed by atoms with van der Waals surface area (Å²) in [6.07, 6.45) is 0.993. The van der Waals surface area contributed by atoms with Gasteiger partial charge in [0, 0.05) is 24.0 Å². The first-order valence-corrected chi connectivity index (χ1v) is 9.92. The molecule has 0 spiro atoms.